The molecule has 0 bridgehead atoms. The highest BCUT2D eigenvalue weighted by Gasteiger charge is 2.19. The van der Waals surface area contributed by atoms with E-state index in [0.717, 1.165) is 5.56 Å². The van der Waals surface area contributed by atoms with Crippen molar-refractivity contribution in [2.45, 2.75) is 23.9 Å². The molecule has 3 rings (SSSR count). The molecule has 1 aromatic heterocycles. The number of thioether (sulfide) groups is 1. The fourth-order valence-corrected chi connectivity index (χ4v) is 3.84. The van der Waals surface area contributed by atoms with Crippen LogP contribution < -0.4 is 5.32 Å². The van der Waals surface area contributed by atoms with Gasteiger partial charge in [0, 0.05) is 30.5 Å². The lowest BCUT2D eigenvalue weighted by molar-refractivity contribution is -0.384. The molecule has 11 heteroatoms. The number of halogens is 2. The summed E-state index contributed by atoms with van der Waals surface area (Å²) >= 11 is 13.3. The number of carbonyl (C=O) groups excluding carboxylic acids is 1. The Morgan fingerprint density at radius 2 is 1.90 bits per heavy atom. The summed E-state index contributed by atoms with van der Waals surface area (Å²) in [4.78, 5) is 22.8. The lowest BCUT2D eigenvalue weighted by Crippen LogP contribution is -2.28. The van der Waals surface area contributed by atoms with E-state index in [0.29, 0.717) is 32.3 Å². The molecule has 0 saturated carbocycles. The van der Waals surface area contributed by atoms with Gasteiger partial charge >= 0.3 is 0 Å². The number of amides is 1. The highest BCUT2D eigenvalue weighted by atomic mass is 35.5. The second-order valence-corrected chi connectivity index (χ2v) is 8.19. The van der Waals surface area contributed by atoms with Crippen LogP contribution in [-0.4, -0.2) is 25.6 Å². The predicted octanol–water partition coefficient (Wildman–Crippen LogP) is 4.81. The minimum Gasteiger partial charge on any atom is -0.342 e. The molecule has 0 spiro atoms. The molecule has 3 aromatic rings. The number of aromatic nitrogens is 3. The number of rotatable bonds is 7. The van der Waals surface area contributed by atoms with Gasteiger partial charge in [-0.15, -0.1) is 10.2 Å². The molecule has 0 aliphatic carbocycles. The molecule has 8 nitrogen and oxygen atoms in total. The van der Waals surface area contributed by atoms with E-state index >= 15 is 0 Å². The van der Waals surface area contributed by atoms with Crippen LogP contribution in [0, 0.1) is 10.1 Å². The third-order valence-electron chi connectivity index (χ3n) is 4.30. The third-order valence-corrected chi connectivity index (χ3v) is 6.13. The van der Waals surface area contributed by atoms with Gasteiger partial charge in [0.2, 0.25) is 0 Å². The summed E-state index contributed by atoms with van der Waals surface area (Å²) in [5.41, 5.74) is 1.37. The first-order chi connectivity index (χ1) is 14.3. The lowest BCUT2D eigenvalue weighted by atomic mass is 10.2. The number of benzene rings is 2. The van der Waals surface area contributed by atoms with Crippen molar-refractivity contribution in [3.63, 3.8) is 0 Å². The normalized spacial score (nSPS) is 11.9. The quantitative estimate of drug-likeness (QED) is 0.305. The Morgan fingerprint density at radius 1 is 1.20 bits per heavy atom. The molecule has 1 atom stereocenters. The van der Waals surface area contributed by atoms with E-state index < -0.39 is 11.0 Å². The summed E-state index contributed by atoms with van der Waals surface area (Å²) < 4.78 is 1.80. The van der Waals surface area contributed by atoms with Crippen molar-refractivity contribution in [2.75, 3.05) is 0 Å². The average molecular weight is 466 g/mol. The Balaban J connectivity index is 1.64. The van der Waals surface area contributed by atoms with Gasteiger partial charge in [-0.25, -0.2) is 0 Å². The van der Waals surface area contributed by atoms with Crippen LogP contribution in [0.3, 0.4) is 0 Å². The fourth-order valence-electron chi connectivity index (χ4n) is 2.67. The molecule has 0 saturated heterocycles. The Bertz CT molecular complexity index is 1090. The second-order valence-electron chi connectivity index (χ2n) is 6.44. The number of nitrogens with one attached hydrogen (secondary N) is 1. The van der Waals surface area contributed by atoms with Gasteiger partial charge in [0.25, 0.3) is 11.6 Å². The maximum absolute atomic E-state index is 12.5. The highest BCUT2D eigenvalue weighted by Crippen LogP contribution is 2.25. The topological polar surface area (TPSA) is 103 Å². The molecule has 2 aromatic carbocycles. The molecule has 156 valence electrons. The summed E-state index contributed by atoms with van der Waals surface area (Å²) in [6.07, 6.45) is 0. The van der Waals surface area contributed by atoms with Gasteiger partial charge in [0.05, 0.1) is 21.0 Å². The van der Waals surface area contributed by atoms with Gasteiger partial charge in [-0.1, -0.05) is 47.1 Å². The molecular weight excluding hydrogens is 449 g/mol. The van der Waals surface area contributed by atoms with Gasteiger partial charge in [-0.05, 0) is 30.7 Å². The minimum atomic E-state index is -0.431. The summed E-state index contributed by atoms with van der Waals surface area (Å²) in [5.74, 6) is 0.868. The standard InChI is InChI=1S/C19H17Cl2N5O3S/c1-11(22-18(27)13-5-8-15(20)16(21)9-13)17-23-24-19(25(17)2)30-10-12-3-6-14(7-4-12)26(28)29/h3-9,11H,10H2,1-2H3,(H,22,27). The van der Waals surface area contributed by atoms with Crippen molar-refractivity contribution in [1.82, 2.24) is 20.1 Å². The van der Waals surface area contributed by atoms with E-state index in [4.69, 9.17) is 23.2 Å². The first-order valence-corrected chi connectivity index (χ1v) is 10.5. The van der Waals surface area contributed by atoms with E-state index in [1.54, 1.807) is 28.8 Å². The summed E-state index contributed by atoms with van der Waals surface area (Å²) in [7, 11) is 1.81. The van der Waals surface area contributed by atoms with Crippen LogP contribution in [0.1, 0.15) is 34.7 Å². The zero-order chi connectivity index (χ0) is 21.8. The average Bonchev–Trinajstić information content (AvgIpc) is 3.09. The SMILES string of the molecule is CC(NC(=O)c1ccc(Cl)c(Cl)c1)c1nnc(SCc2ccc([N+](=O)[O-])cc2)n1C. The Morgan fingerprint density at radius 3 is 2.53 bits per heavy atom. The molecule has 0 aliphatic rings. The van der Waals surface area contributed by atoms with Crippen molar-refractivity contribution >= 4 is 46.6 Å². The molecule has 1 unspecified atom stereocenters. The Kier molecular flexibility index (Phi) is 6.96. The maximum atomic E-state index is 12.5. The van der Waals surface area contributed by atoms with E-state index in [1.165, 1.54) is 30.0 Å². The van der Waals surface area contributed by atoms with Crippen molar-refractivity contribution in [1.29, 1.82) is 0 Å². The van der Waals surface area contributed by atoms with Gasteiger partial charge in [0.15, 0.2) is 11.0 Å². The Labute approximate surface area is 186 Å². The maximum Gasteiger partial charge on any atom is 0.269 e. The molecule has 0 radical (unpaired) electrons. The van der Waals surface area contributed by atoms with Crippen molar-refractivity contribution in [3.05, 3.63) is 79.6 Å². The van der Waals surface area contributed by atoms with Crippen LogP contribution >= 0.6 is 35.0 Å². The van der Waals surface area contributed by atoms with Gasteiger partial charge in [-0.3, -0.25) is 14.9 Å². The number of hydrogen-bond acceptors (Lipinski definition) is 6. The first kappa shape index (κ1) is 22.1. The number of nitro groups is 1. The van der Waals surface area contributed by atoms with Gasteiger partial charge in [-0.2, -0.15) is 0 Å². The lowest BCUT2D eigenvalue weighted by Gasteiger charge is -2.14. The highest BCUT2D eigenvalue weighted by molar-refractivity contribution is 7.98. The smallest absolute Gasteiger partial charge is 0.269 e. The molecule has 0 aliphatic heterocycles. The summed E-state index contributed by atoms with van der Waals surface area (Å²) in [6, 6.07) is 10.6. The number of nitrogens with zero attached hydrogens (tertiary/aromatic N) is 4. The molecule has 1 amide bonds. The third kappa shape index (κ3) is 5.10. The number of non-ortho nitro benzene ring substituents is 1. The molecule has 1 heterocycles. The largest absolute Gasteiger partial charge is 0.342 e. The number of nitro benzene ring substituents is 1. The molecule has 0 fully saturated rings. The van der Waals surface area contributed by atoms with E-state index in [2.05, 4.69) is 15.5 Å². The molecule has 1 N–H and O–H groups in total. The predicted molar refractivity (Wildman–Crippen MR) is 116 cm³/mol. The Hall–Kier alpha value is -2.62. The van der Waals surface area contributed by atoms with Crippen LogP contribution in [0.2, 0.25) is 10.0 Å². The van der Waals surface area contributed by atoms with Crippen molar-refractivity contribution in [2.24, 2.45) is 7.05 Å². The van der Waals surface area contributed by atoms with Crippen molar-refractivity contribution in [3.8, 4) is 0 Å². The van der Waals surface area contributed by atoms with Crippen LogP contribution in [-0.2, 0) is 12.8 Å². The molecule has 30 heavy (non-hydrogen) atoms. The van der Waals surface area contributed by atoms with Crippen LogP contribution in [0.4, 0.5) is 5.69 Å². The minimum absolute atomic E-state index is 0.0521. The van der Waals surface area contributed by atoms with E-state index in [9.17, 15) is 14.9 Å². The van der Waals surface area contributed by atoms with Crippen LogP contribution in [0.25, 0.3) is 0 Å². The van der Waals surface area contributed by atoms with E-state index in [1.807, 2.05) is 14.0 Å². The zero-order valence-corrected chi connectivity index (χ0v) is 18.3. The van der Waals surface area contributed by atoms with Gasteiger partial charge in [0.1, 0.15) is 0 Å². The van der Waals surface area contributed by atoms with Gasteiger partial charge < -0.3 is 9.88 Å². The number of carbonyl (C=O) groups is 1. The van der Waals surface area contributed by atoms with E-state index in [-0.39, 0.29) is 11.6 Å². The summed E-state index contributed by atoms with van der Waals surface area (Å²) in [6.45, 7) is 1.81. The number of hydrogen-bond donors (Lipinski definition) is 1. The van der Waals surface area contributed by atoms with Crippen LogP contribution in [0.5, 0.6) is 0 Å². The summed E-state index contributed by atoms with van der Waals surface area (Å²) in [5, 5.41) is 23.3. The molecular formula is C19H17Cl2N5O3S. The van der Waals surface area contributed by atoms with Crippen LogP contribution in [0.15, 0.2) is 47.6 Å². The first-order valence-electron chi connectivity index (χ1n) is 8.77. The zero-order valence-electron chi connectivity index (χ0n) is 16.0. The van der Waals surface area contributed by atoms with Crippen molar-refractivity contribution < 1.29 is 9.72 Å². The fraction of sp³-hybridized carbons (Fsp3) is 0.211. The second kappa shape index (κ2) is 9.46. The monoisotopic (exact) mass is 465 g/mol.